The first-order chi connectivity index (χ1) is 12.3. The average molecular weight is 334 g/mol. The molecule has 2 unspecified atom stereocenters. The molecule has 0 N–H and O–H groups in total. The molecule has 0 bridgehead atoms. The second-order valence-electron chi connectivity index (χ2n) is 8.04. The van der Waals surface area contributed by atoms with Crippen molar-refractivity contribution in [2.24, 2.45) is 5.92 Å². The highest BCUT2D eigenvalue weighted by Gasteiger charge is 2.37. The Kier molecular flexibility index (Phi) is 3.76. The molecule has 3 aliphatic rings. The zero-order chi connectivity index (χ0) is 16.8. The van der Waals surface area contributed by atoms with Crippen LogP contribution in [0.25, 0.3) is 10.9 Å². The number of rotatable bonds is 1. The van der Waals surface area contributed by atoms with Crippen molar-refractivity contribution in [2.75, 3.05) is 6.54 Å². The number of hydrogen-bond acceptors (Lipinski definition) is 2. The highest BCUT2D eigenvalue weighted by atomic mass is 16.2. The number of fused-ring (bicyclic) bond motifs is 3. The lowest BCUT2D eigenvalue weighted by Crippen LogP contribution is -2.49. The lowest BCUT2D eigenvalue weighted by atomic mass is 9.78. The maximum atomic E-state index is 13.7. The van der Waals surface area contributed by atoms with Crippen LogP contribution in [-0.4, -0.2) is 28.4 Å². The normalized spacial score (nSPS) is 25.7. The van der Waals surface area contributed by atoms with Crippen LogP contribution in [0.4, 0.5) is 0 Å². The summed E-state index contributed by atoms with van der Waals surface area (Å²) >= 11 is 0. The largest absolute Gasteiger partial charge is 0.335 e. The fourth-order valence-electron chi connectivity index (χ4n) is 5.48. The van der Waals surface area contributed by atoms with Gasteiger partial charge in [-0.3, -0.25) is 9.78 Å². The van der Waals surface area contributed by atoms with Gasteiger partial charge in [-0.1, -0.05) is 31.0 Å². The maximum absolute atomic E-state index is 13.7. The fraction of sp³-hybridized carbons (Fsp3) is 0.545. The monoisotopic (exact) mass is 334 g/mol. The van der Waals surface area contributed by atoms with Crippen LogP contribution in [0.15, 0.2) is 24.3 Å². The zero-order valence-electron chi connectivity index (χ0n) is 14.8. The van der Waals surface area contributed by atoms with Crippen LogP contribution in [0.1, 0.15) is 66.6 Å². The van der Waals surface area contributed by atoms with Crippen molar-refractivity contribution in [1.82, 2.24) is 9.88 Å². The van der Waals surface area contributed by atoms with Crippen molar-refractivity contribution in [2.45, 2.75) is 63.8 Å². The number of carbonyl (C=O) groups excluding carboxylic acids is 1. The van der Waals surface area contributed by atoms with Gasteiger partial charge in [-0.05, 0) is 62.5 Å². The molecule has 130 valence electrons. The fourth-order valence-corrected chi connectivity index (χ4v) is 5.48. The lowest BCUT2D eigenvalue weighted by molar-refractivity contribution is 0.0391. The van der Waals surface area contributed by atoms with Gasteiger partial charge >= 0.3 is 0 Å². The molecule has 1 aliphatic heterocycles. The van der Waals surface area contributed by atoms with E-state index in [1.165, 1.54) is 43.4 Å². The number of hydrogen-bond donors (Lipinski definition) is 0. The molecule has 2 aliphatic carbocycles. The van der Waals surface area contributed by atoms with E-state index in [9.17, 15) is 4.79 Å². The van der Waals surface area contributed by atoms with E-state index in [4.69, 9.17) is 4.98 Å². The first-order valence-corrected chi connectivity index (χ1v) is 10.0. The van der Waals surface area contributed by atoms with Crippen LogP contribution in [0, 0.1) is 5.92 Å². The van der Waals surface area contributed by atoms with Gasteiger partial charge in [0.1, 0.15) is 0 Å². The summed E-state index contributed by atoms with van der Waals surface area (Å²) in [6, 6.07) is 8.70. The van der Waals surface area contributed by atoms with Gasteiger partial charge in [0.05, 0.1) is 11.1 Å². The molecule has 2 heterocycles. The first kappa shape index (κ1) is 15.4. The molecule has 2 atom stereocenters. The molecule has 5 rings (SSSR count). The Labute approximate surface area is 149 Å². The molecule has 1 aromatic carbocycles. The Hall–Kier alpha value is -1.90. The van der Waals surface area contributed by atoms with E-state index < -0.39 is 0 Å². The number of aryl methyl sites for hydroxylation is 1. The quantitative estimate of drug-likeness (QED) is 0.768. The number of benzene rings is 1. The van der Waals surface area contributed by atoms with Gasteiger partial charge in [-0.25, -0.2) is 0 Å². The van der Waals surface area contributed by atoms with Crippen LogP contribution in [0.2, 0.25) is 0 Å². The van der Waals surface area contributed by atoms with Crippen molar-refractivity contribution in [3.8, 4) is 0 Å². The SMILES string of the molecule is O=C(c1c2c(nc3ccccc13)CCC2)N1CCCC2CCCCC21. The van der Waals surface area contributed by atoms with E-state index in [0.29, 0.717) is 6.04 Å². The van der Waals surface area contributed by atoms with Gasteiger partial charge in [-0.15, -0.1) is 0 Å². The van der Waals surface area contributed by atoms with Crippen LogP contribution >= 0.6 is 0 Å². The Morgan fingerprint density at radius 1 is 1.00 bits per heavy atom. The van der Waals surface area contributed by atoms with E-state index >= 15 is 0 Å². The Morgan fingerprint density at radius 3 is 2.80 bits per heavy atom. The van der Waals surface area contributed by atoms with Crippen molar-refractivity contribution in [3.05, 3.63) is 41.1 Å². The summed E-state index contributed by atoms with van der Waals surface area (Å²) in [6.45, 7) is 0.936. The third kappa shape index (κ3) is 2.47. The summed E-state index contributed by atoms with van der Waals surface area (Å²) in [5, 5.41) is 1.06. The van der Waals surface area contributed by atoms with Crippen LogP contribution < -0.4 is 0 Å². The topological polar surface area (TPSA) is 33.2 Å². The minimum atomic E-state index is 0.286. The summed E-state index contributed by atoms with van der Waals surface area (Å²) in [5.74, 6) is 1.01. The number of piperidine rings is 1. The van der Waals surface area contributed by atoms with Gasteiger partial charge in [0.25, 0.3) is 5.91 Å². The minimum absolute atomic E-state index is 0.286. The molecule has 1 saturated carbocycles. The standard InChI is InChI=1S/C22H26N2O/c25-22(24-14-6-8-15-7-1-4-13-20(15)24)21-16-9-2-3-11-18(16)23-19-12-5-10-17(19)21/h2-3,9,11,15,20H,1,4-8,10,12-14H2. The second-order valence-corrected chi connectivity index (χ2v) is 8.04. The number of pyridine rings is 1. The van der Waals surface area contributed by atoms with Gasteiger partial charge in [-0.2, -0.15) is 0 Å². The van der Waals surface area contributed by atoms with Crippen LogP contribution in [-0.2, 0) is 12.8 Å². The van der Waals surface area contributed by atoms with Crippen molar-refractivity contribution in [1.29, 1.82) is 0 Å². The van der Waals surface area contributed by atoms with Gasteiger partial charge < -0.3 is 4.90 Å². The Morgan fingerprint density at radius 2 is 1.84 bits per heavy atom. The lowest BCUT2D eigenvalue weighted by Gasteiger charge is -2.44. The second kappa shape index (κ2) is 6.12. The third-order valence-electron chi connectivity index (χ3n) is 6.64. The summed E-state index contributed by atoms with van der Waals surface area (Å²) in [6.07, 6.45) is 10.8. The van der Waals surface area contributed by atoms with Gasteiger partial charge in [0.15, 0.2) is 0 Å². The van der Waals surface area contributed by atoms with Crippen molar-refractivity contribution in [3.63, 3.8) is 0 Å². The number of amides is 1. The predicted octanol–water partition coefficient (Wildman–Crippen LogP) is 4.52. The molecule has 2 aromatic rings. The highest BCUT2D eigenvalue weighted by molar-refractivity contribution is 6.08. The first-order valence-electron chi connectivity index (χ1n) is 10.0. The van der Waals surface area contributed by atoms with Crippen molar-refractivity contribution >= 4 is 16.8 Å². The van der Waals surface area contributed by atoms with E-state index in [2.05, 4.69) is 17.0 Å². The number of likely N-dealkylation sites (tertiary alicyclic amines) is 1. The molecule has 1 saturated heterocycles. The average Bonchev–Trinajstić information content (AvgIpc) is 3.13. The molecule has 3 nitrogen and oxygen atoms in total. The van der Waals surface area contributed by atoms with E-state index in [1.54, 1.807) is 0 Å². The number of aromatic nitrogens is 1. The zero-order valence-corrected chi connectivity index (χ0v) is 14.8. The summed E-state index contributed by atoms with van der Waals surface area (Å²) in [7, 11) is 0. The van der Waals surface area contributed by atoms with Gasteiger partial charge in [0, 0.05) is 23.7 Å². The molecule has 2 fully saturated rings. The highest BCUT2D eigenvalue weighted by Crippen LogP contribution is 2.38. The number of para-hydroxylation sites is 1. The van der Waals surface area contributed by atoms with Crippen LogP contribution in [0.3, 0.4) is 0 Å². The Bertz CT molecular complexity index is 826. The maximum Gasteiger partial charge on any atom is 0.255 e. The molecular formula is C22H26N2O. The molecule has 0 spiro atoms. The molecule has 0 radical (unpaired) electrons. The van der Waals surface area contributed by atoms with Crippen LogP contribution in [0.5, 0.6) is 0 Å². The molecule has 1 amide bonds. The summed E-state index contributed by atoms with van der Waals surface area (Å²) in [5.41, 5.74) is 4.37. The van der Waals surface area contributed by atoms with Crippen molar-refractivity contribution < 1.29 is 4.79 Å². The summed E-state index contributed by atoms with van der Waals surface area (Å²) in [4.78, 5) is 20.8. The predicted molar refractivity (Wildman–Crippen MR) is 99.8 cm³/mol. The number of nitrogens with zero attached hydrogens (tertiary/aromatic N) is 2. The summed E-state index contributed by atoms with van der Waals surface area (Å²) < 4.78 is 0. The molecule has 3 heteroatoms. The molecule has 1 aromatic heterocycles. The van der Waals surface area contributed by atoms with E-state index in [1.807, 2.05) is 12.1 Å². The number of carbonyl (C=O) groups is 1. The third-order valence-corrected chi connectivity index (χ3v) is 6.64. The van der Waals surface area contributed by atoms with Gasteiger partial charge in [0.2, 0.25) is 0 Å². The smallest absolute Gasteiger partial charge is 0.255 e. The minimum Gasteiger partial charge on any atom is -0.335 e. The molecular weight excluding hydrogens is 308 g/mol. The molecule has 25 heavy (non-hydrogen) atoms. The van der Waals surface area contributed by atoms with E-state index in [0.717, 1.165) is 54.6 Å². The Balaban J connectivity index is 1.61. The van der Waals surface area contributed by atoms with E-state index in [-0.39, 0.29) is 5.91 Å².